The summed E-state index contributed by atoms with van der Waals surface area (Å²) in [5.41, 5.74) is 0.169. The molecule has 0 spiro atoms. The van der Waals surface area contributed by atoms with Crippen molar-refractivity contribution in [2.75, 3.05) is 43.2 Å². The zero-order valence-corrected chi connectivity index (χ0v) is 24.2. The number of hydrogen-bond acceptors (Lipinski definition) is 9. The third-order valence-electron chi connectivity index (χ3n) is 7.72. The Morgan fingerprint density at radius 2 is 2.08 bits per heavy atom. The van der Waals surface area contributed by atoms with E-state index in [1.807, 2.05) is 12.1 Å². The van der Waals surface area contributed by atoms with Crippen LogP contribution in [0.2, 0.25) is 25.7 Å². The zero-order chi connectivity index (χ0) is 27.3. The number of pyridine rings is 1. The third-order valence-corrected chi connectivity index (χ3v) is 9.42. The second kappa shape index (κ2) is 12.2. The Hall–Kier alpha value is -2.31. The van der Waals surface area contributed by atoms with E-state index in [0.717, 1.165) is 24.7 Å². The number of anilines is 3. The van der Waals surface area contributed by atoms with Crippen LogP contribution in [0.5, 0.6) is 0 Å². The topological polar surface area (TPSA) is 129 Å². The molecule has 3 heterocycles. The Morgan fingerprint density at radius 3 is 2.74 bits per heavy atom. The number of nitrogens with one attached hydrogen (secondary N) is 2. The van der Waals surface area contributed by atoms with Gasteiger partial charge in [0.25, 0.3) is 0 Å². The largest absolute Gasteiger partial charge is 0.396 e. The van der Waals surface area contributed by atoms with E-state index in [0.29, 0.717) is 68.7 Å². The van der Waals surface area contributed by atoms with Crippen molar-refractivity contribution in [3.63, 3.8) is 0 Å². The van der Waals surface area contributed by atoms with Crippen molar-refractivity contribution in [3.8, 4) is 0 Å². The van der Waals surface area contributed by atoms with Crippen LogP contribution < -0.4 is 10.2 Å². The standard InChI is InChI=1S/C27H44N6O4Si/c1-20-18-36-12-11-32(20)25-15-23(27(35)8-5-21(17-34)6-9-27)22(16-28)26(31-25)30-24-7-10-29-33(24)19-37-13-14-38(2,3)4/h7,10,15-16,20-21,28,34-35H,5-6,8-9,11-14,17-19H2,1-4H3,(H,30,31)/t20-,21?,27?/m1/s1. The SMILES string of the molecule is C[C@@H]1COCCN1c1cc(C2(O)CCC(CO)CC2)c(C=N)c(Nc2ccnn2COCC[Si](C)(C)C)n1. The number of hydrogen-bond donors (Lipinski definition) is 4. The summed E-state index contributed by atoms with van der Waals surface area (Å²) in [6.07, 6.45) is 5.53. The molecule has 0 aromatic carbocycles. The van der Waals surface area contributed by atoms with Gasteiger partial charge in [-0.25, -0.2) is 9.67 Å². The molecular formula is C27H44N6O4Si. The number of rotatable bonds is 11. The number of aliphatic hydroxyl groups excluding tert-OH is 1. The molecule has 1 saturated carbocycles. The van der Waals surface area contributed by atoms with Crippen LogP contribution in [0.3, 0.4) is 0 Å². The fourth-order valence-corrected chi connectivity index (χ4v) is 5.94. The van der Waals surface area contributed by atoms with Crippen molar-refractivity contribution in [3.05, 3.63) is 29.5 Å². The highest BCUT2D eigenvalue weighted by Crippen LogP contribution is 2.43. The second-order valence-corrected chi connectivity index (χ2v) is 17.5. The van der Waals surface area contributed by atoms with E-state index in [9.17, 15) is 10.2 Å². The van der Waals surface area contributed by atoms with E-state index in [-0.39, 0.29) is 18.6 Å². The van der Waals surface area contributed by atoms with Crippen molar-refractivity contribution >= 4 is 31.7 Å². The lowest BCUT2D eigenvalue weighted by molar-refractivity contribution is -0.0212. The highest BCUT2D eigenvalue weighted by Gasteiger charge is 2.38. The summed E-state index contributed by atoms with van der Waals surface area (Å²) in [5, 5.41) is 37.6. The monoisotopic (exact) mass is 544 g/mol. The van der Waals surface area contributed by atoms with Crippen LogP contribution in [0.25, 0.3) is 0 Å². The van der Waals surface area contributed by atoms with Crippen LogP contribution in [0, 0.1) is 11.3 Å². The minimum absolute atomic E-state index is 0.132. The van der Waals surface area contributed by atoms with Crippen LogP contribution in [0.15, 0.2) is 18.3 Å². The van der Waals surface area contributed by atoms with E-state index in [4.69, 9.17) is 19.9 Å². The van der Waals surface area contributed by atoms with Crippen molar-refractivity contribution in [2.24, 2.45) is 5.92 Å². The Labute approximate surface area is 226 Å². The minimum atomic E-state index is -1.19. The predicted octanol–water partition coefficient (Wildman–Crippen LogP) is 3.93. The average Bonchev–Trinajstić information content (AvgIpc) is 3.33. The summed E-state index contributed by atoms with van der Waals surface area (Å²) in [7, 11) is -1.19. The fraction of sp³-hybridized carbons (Fsp3) is 0.667. The van der Waals surface area contributed by atoms with Gasteiger partial charge in [-0.3, -0.25) is 0 Å². The summed E-state index contributed by atoms with van der Waals surface area (Å²) >= 11 is 0. The molecule has 2 fully saturated rings. The summed E-state index contributed by atoms with van der Waals surface area (Å²) in [5.74, 6) is 2.17. The van der Waals surface area contributed by atoms with Gasteiger partial charge >= 0.3 is 0 Å². The molecule has 1 atom stereocenters. The first-order valence-electron chi connectivity index (χ1n) is 13.7. The molecule has 10 nitrogen and oxygen atoms in total. The van der Waals surface area contributed by atoms with Crippen molar-refractivity contribution < 1.29 is 19.7 Å². The molecule has 38 heavy (non-hydrogen) atoms. The van der Waals surface area contributed by atoms with Gasteiger partial charge < -0.3 is 35.3 Å². The summed E-state index contributed by atoms with van der Waals surface area (Å²) in [6.45, 7) is 12.1. The highest BCUT2D eigenvalue weighted by atomic mass is 28.3. The molecule has 1 aliphatic heterocycles. The third kappa shape index (κ3) is 6.81. The number of aliphatic hydroxyl groups is 2. The van der Waals surface area contributed by atoms with Crippen LogP contribution >= 0.6 is 0 Å². The van der Waals surface area contributed by atoms with Gasteiger partial charge in [0.05, 0.1) is 31.1 Å². The zero-order valence-electron chi connectivity index (χ0n) is 23.2. The quantitative estimate of drug-likeness (QED) is 0.190. The van der Waals surface area contributed by atoms with Gasteiger partial charge in [-0.2, -0.15) is 5.10 Å². The lowest BCUT2D eigenvalue weighted by Gasteiger charge is -2.39. The highest BCUT2D eigenvalue weighted by molar-refractivity contribution is 6.76. The first-order chi connectivity index (χ1) is 18.1. The Kier molecular flexibility index (Phi) is 9.25. The minimum Gasteiger partial charge on any atom is -0.396 e. The molecule has 210 valence electrons. The Bertz CT molecular complexity index is 1080. The number of ether oxygens (including phenoxy) is 2. The number of nitrogens with zero attached hydrogens (tertiary/aromatic N) is 4. The lowest BCUT2D eigenvalue weighted by Crippen LogP contribution is -2.44. The second-order valence-electron chi connectivity index (χ2n) is 11.9. The van der Waals surface area contributed by atoms with E-state index in [1.165, 1.54) is 6.21 Å². The van der Waals surface area contributed by atoms with E-state index in [2.05, 4.69) is 41.9 Å². The fourth-order valence-electron chi connectivity index (χ4n) is 5.18. The average molecular weight is 545 g/mol. The number of morpholine rings is 1. The molecule has 2 aliphatic rings. The van der Waals surface area contributed by atoms with Crippen LogP contribution in [0.1, 0.15) is 43.7 Å². The van der Waals surface area contributed by atoms with Crippen molar-refractivity contribution in [1.29, 1.82) is 5.41 Å². The maximum Gasteiger partial charge on any atom is 0.143 e. The molecule has 0 bridgehead atoms. The Balaban J connectivity index is 1.66. The molecule has 2 aromatic heterocycles. The molecule has 4 rings (SSSR count). The molecule has 11 heteroatoms. The molecule has 0 amide bonds. The van der Waals surface area contributed by atoms with Gasteiger partial charge in [0, 0.05) is 45.7 Å². The van der Waals surface area contributed by atoms with Crippen LogP contribution in [0.4, 0.5) is 17.5 Å². The molecule has 1 saturated heterocycles. The van der Waals surface area contributed by atoms with Gasteiger partial charge in [-0.1, -0.05) is 19.6 Å². The van der Waals surface area contributed by atoms with Gasteiger partial charge in [0.1, 0.15) is 24.2 Å². The first kappa shape index (κ1) is 28.7. The van der Waals surface area contributed by atoms with Gasteiger partial charge in [-0.05, 0) is 56.2 Å². The molecule has 1 aliphatic carbocycles. The maximum atomic E-state index is 11.9. The summed E-state index contributed by atoms with van der Waals surface area (Å²) in [4.78, 5) is 7.16. The van der Waals surface area contributed by atoms with Gasteiger partial charge in [0.2, 0.25) is 0 Å². The normalized spacial score (nSPS) is 24.4. The van der Waals surface area contributed by atoms with Gasteiger partial charge in [-0.15, -0.1) is 0 Å². The first-order valence-corrected chi connectivity index (χ1v) is 17.4. The van der Waals surface area contributed by atoms with E-state index in [1.54, 1.807) is 10.9 Å². The van der Waals surface area contributed by atoms with Crippen molar-refractivity contribution in [2.45, 2.75) is 76.7 Å². The molecular weight excluding hydrogens is 500 g/mol. The Morgan fingerprint density at radius 1 is 1.32 bits per heavy atom. The molecule has 0 unspecified atom stereocenters. The molecule has 2 aromatic rings. The van der Waals surface area contributed by atoms with E-state index < -0.39 is 13.7 Å². The predicted molar refractivity (Wildman–Crippen MR) is 152 cm³/mol. The van der Waals surface area contributed by atoms with Crippen molar-refractivity contribution in [1.82, 2.24) is 14.8 Å². The molecule has 0 radical (unpaired) electrons. The lowest BCUT2D eigenvalue weighted by atomic mass is 9.74. The van der Waals surface area contributed by atoms with E-state index >= 15 is 0 Å². The van der Waals surface area contributed by atoms with Crippen LogP contribution in [-0.2, 0) is 21.8 Å². The summed E-state index contributed by atoms with van der Waals surface area (Å²) in [6, 6.07) is 5.02. The van der Waals surface area contributed by atoms with Crippen LogP contribution in [-0.4, -0.2) is 78.3 Å². The number of aromatic nitrogens is 3. The maximum absolute atomic E-state index is 11.9. The summed E-state index contributed by atoms with van der Waals surface area (Å²) < 4.78 is 13.3. The smallest absolute Gasteiger partial charge is 0.143 e. The van der Waals surface area contributed by atoms with Gasteiger partial charge in [0.15, 0.2) is 0 Å². The molecule has 4 N–H and O–H groups in total.